The highest BCUT2D eigenvalue weighted by atomic mass is 32.2. The second-order valence-corrected chi connectivity index (χ2v) is 5.35. The van der Waals surface area contributed by atoms with E-state index in [0.717, 1.165) is 12.8 Å². The van der Waals surface area contributed by atoms with E-state index >= 15 is 0 Å². The molecule has 1 aliphatic carbocycles. The lowest BCUT2D eigenvalue weighted by Crippen LogP contribution is -2.42. The second-order valence-electron chi connectivity index (χ2n) is 3.71. The zero-order valence-corrected chi connectivity index (χ0v) is 9.11. The fraction of sp³-hybridized carbons (Fsp3) is 0.444. The molecular weight excluding hydrogens is 234 g/mol. The third kappa shape index (κ3) is 2.25. The molecule has 0 aromatic carbocycles. The highest BCUT2D eigenvalue weighted by Gasteiger charge is 2.39. The van der Waals surface area contributed by atoms with Crippen LogP contribution < -0.4 is 4.72 Å². The van der Waals surface area contributed by atoms with Gasteiger partial charge >= 0.3 is 5.97 Å². The van der Waals surface area contributed by atoms with Crippen molar-refractivity contribution in [3.8, 4) is 0 Å². The molecule has 0 amide bonds. The van der Waals surface area contributed by atoms with Crippen LogP contribution in [-0.2, 0) is 14.8 Å². The predicted octanol–water partition coefficient (Wildman–Crippen LogP) is 0.421. The van der Waals surface area contributed by atoms with Crippen LogP contribution in [0.4, 0.5) is 0 Å². The van der Waals surface area contributed by atoms with E-state index in [1.165, 1.54) is 18.4 Å². The van der Waals surface area contributed by atoms with Gasteiger partial charge in [-0.05, 0) is 30.9 Å². The highest BCUT2D eigenvalue weighted by Crippen LogP contribution is 2.33. The molecule has 1 atom stereocenters. The van der Waals surface area contributed by atoms with Crippen LogP contribution in [0.15, 0.2) is 27.9 Å². The molecule has 1 fully saturated rings. The number of carboxylic acid groups (broad SMARTS) is 1. The van der Waals surface area contributed by atoms with Gasteiger partial charge in [-0.2, -0.15) is 4.72 Å². The molecule has 0 spiro atoms. The van der Waals surface area contributed by atoms with Crippen LogP contribution in [0.1, 0.15) is 12.8 Å². The quantitative estimate of drug-likeness (QED) is 0.783. The van der Waals surface area contributed by atoms with Crippen molar-refractivity contribution in [2.24, 2.45) is 5.92 Å². The summed E-state index contributed by atoms with van der Waals surface area (Å²) in [5, 5.41) is 8.62. The maximum absolute atomic E-state index is 11.7. The summed E-state index contributed by atoms with van der Waals surface area (Å²) in [5.41, 5.74) is 0. The number of furan rings is 1. The van der Waals surface area contributed by atoms with Gasteiger partial charge in [-0.25, -0.2) is 8.42 Å². The summed E-state index contributed by atoms with van der Waals surface area (Å²) >= 11 is 0. The maximum atomic E-state index is 11.7. The van der Waals surface area contributed by atoms with Crippen LogP contribution in [0.5, 0.6) is 0 Å². The summed E-state index contributed by atoms with van der Waals surface area (Å²) in [6.07, 6.45) is 2.69. The first-order valence-corrected chi connectivity index (χ1v) is 6.27. The third-order valence-electron chi connectivity index (χ3n) is 2.40. The minimum atomic E-state index is -3.86. The molecule has 2 N–H and O–H groups in total. The smallest absolute Gasteiger partial charge is 0.322 e. The monoisotopic (exact) mass is 245 g/mol. The Morgan fingerprint density at radius 3 is 2.69 bits per heavy atom. The number of sulfonamides is 1. The first-order chi connectivity index (χ1) is 7.50. The first-order valence-electron chi connectivity index (χ1n) is 4.79. The van der Waals surface area contributed by atoms with Gasteiger partial charge in [0.25, 0.3) is 10.0 Å². The Hall–Kier alpha value is -1.34. The second kappa shape index (κ2) is 3.91. The van der Waals surface area contributed by atoms with Crippen LogP contribution in [-0.4, -0.2) is 25.5 Å². The van der Waals surface area contributed by atoms with Crippen LogP contribution in [0.3, 0.4) is 0 Å². The molecular formula is C9H11NO5S. The van der Waals surface area contributed by atoms with Crippen molar-refractivity contribution in [1.82, 2.24) is 4.72 Å². The average molecular weight is 245 g/mol. The number of aliphatic carboxylic acids is 1. The van der Waals surface area contributed by atoms with Gasteiger partial charge in [0.15, 0.2) is 0 Å². The van der Waals surface area contributed by atoms with Crippen LogP contribution in [0.25, 0.3) is 0 Å². The Balaban J connectivity index is 2.16. The van der Waals surface area contributed by atoms with Gasteiger partial charge in [0.1, 0.15) is 6.04 Å². The Morgan fingerprint density at radius 2 is 2.25 bits per heavy atom. The molecule has 1 unspecified atom stereocenters. The molecule has 1 aromatic heterocycles. The first kappa shape index (κ1) is 11.2. The highest BCUT2D eigenvalue weighted by molar-refractivity contribution is 7.89. The number of carboxylic acids is 1. The normalized spacial score (nSPS) is 18.2. The molecule has 2 rings (SSSR count). The van der Waals surface area contributed by atoms with Crippen LogP contribution >= 0.6 is 0 Å². The lowest BCUT2D eigenvalue weighted by molar-refractivity contribution is -0.139. The van der Waals surface area contributed by atoms with E-state index < -0.39 is 22.0 Å². The zero-order chi connectivity index (χ0) is 11.8. The van der Waals surface area contributed by atoms with Gasteiger partial charge in [-0.15, -0.1) is 0 Å². The molecule has 0 saturated heterocycles. The van der Waals surface area contributed by atoms with Gasteiger partial charge in [-0.3, -0.25) is 4.79 Å². The number of nitrogens with one attached hydrogen (secondary N) is 1. The molecule has 0 bridgehead atoms. The predicted molar refractivity (Wildman–Crippen MR) is 53.2 cm³/mol. The number of rotatable bonds is 5. The van der Waals surface area contributed by atoms with Crippen molar-refractivity contribution in [3.63, 3.8) is 0 Å². The summed E-state index contributed by atoms with van der Waals surface area (Å²) in [7, 11) is -3.86. The van der Waals surface area contributed by atoms with Gasteiger partial charge in [0.2, 0.25) is 5.09 Å². The summed E-state index contributed by atoms with van der Waals surface area (Å²) in [4.78, 5) is 10.9. The fourth-order valence-corrected chi connectivity index (χ4v) is 2.60. The molecule has 1 aliphatic rings. The average Bonchev–Trinajstić information content (AvgIpc) is 2.87. The van der Waals surface area contributed by atoms with E-state index in [-0.39, 0.29) is 11.0 Å². The summed E-state index contributed by atoms with van der Waals surface area (Å²) < 4.78 is 30.2. The molecule has 6 nitrogen and oxygen atoms in total. The molecule has 1 heterocycles. The van der Waals surface area contributed by atoms with E-state index in [2.05, 4.69) is 4.72 Å². The fourth-order valence-electron chi connectivity index (χ4n) is 1.42. The Labute approximate surface area is 92.3 Å². The Bertz CT molecular complexity index is 474. The Morgan fingerprint density at radius 1 is 1.56 bits per heavy atom. The van der Waals surface area contributed by atoms with E-state index in [0.29, 0.717) is 0 Å². The van der Waals surface area contributed by atoms with Crippen molar-refractivity contribution in [1.29, 1.82) is 0 Å². The molecule has 0 aliphatic heterocycles. The summed E-state index contributed by atoms with van der Waals surface area (Å²) in [6.45, 7) is 0. The number of hydrogen-bond acceptors (Lipinski definition) is 4. The van der Waals surface area contributed by atoms with Crippen molar-refractivity contribution in [2.75, 3.05) is 0 Å². The Kier molecular flexibility index (Phi) is 2.73. The molecule has 0 radical (unpaired) electrons. The summed E-state index contributed by atoms with van der Waals surface area (Å²) in [5.74, 6) is -1.26. The van der Waals surface area contributed by atoms with E-state index in [9.17, 15) is 13.2 Å². The van der Waals surface area contributed by atoms with Gasteiger partial charge in [0, 0.05) is 0 Å². The van der Waals surface area contributed by atoms with Gasteiger partial charge < -0.3 is 9.52 Å². The molecule has 16 heavy (non-hydrogen) atoms. The molecule has 1 saturated carbocycles. The minimum Gasteiger partial charge on any atom is -0.480 e. The maximum Gasteiger partial charge on any atom is 0.322 e. The minimum absolute atomic E-state index is 0.109. The van der Waals surface area contributed by atoms with Crippen molar-refractivity contribution in [3.05, 3.63) is 18.4 Å². The van der Waals surface area contributed by atoms with Crippen molar-refractivity contribution < 1.29 is 22.7 Å². The van der Waals surface area contributed by atoms with Gasteiger partial charge in [0.05, 0.1) is 6.26 Å². The lowest BCUT2D eigenvalue weighted by atomic mass is 10.2. The van der Waals surface area contributed by atoms with E-state index in [4.69, 9.17) is 9.52 Å². The van der Waals surface area contributed by atoms with Crippen LogP contribution in [0, 0.1) is 5.92 Å². The largest absolute Gasteiger partial charge is 0.480 e. The van der Waals surface area contributed by atoms with E-state index in [1.54, 1.807) is 0 Å². The van der Waals surface area contributed by atoms with Crippen molar-refractivity contribution >= 4 is 16.0 Å². The number of hydrogen-bond donors (Lipinski definition) is 2. The van der Waals surface area contributed by atoms with Crippen LogP contribution in [0.2, 0.25) is 0 Å². The van der Waals surface area contributed by atoms with Gasteiger partial charge in [-0.1, -0.05) is 0 Å². The standard InChI is InChI=1S/C9H11NO5S/c11-9(12)8(6-3-4-6)10-16(13,14)7-2-1-5-15-7/h1-2,5-6,8,10H,3-4H2,(H,11,12). The SMILES string of the molecule is O=C(O)C(NS(=O)(=O)c1ccco1)C1CC1. The van der Waals surface area contributed by atoms with E-state index in [1.807, 2.05) is 0 Å². The van der Waals surface area contributed by atoms with Crippen molar-refractivity contribution in [2.45, 2.75) is 24.0 Å². The zero-order valence-electron chi connectivity index (χ0n) is 8.29. The molecule has 88 valence electrons. The topological polar surface area (TPSA) is 96.6 Å². The molecule has 7 heteroatoms. The summed E-state index contributed by atoms with van der Waals surface area (Å²) in [6, 6.07) is 1.64. The molecule has 1 aromatic rings. The third-order valence-corrected chi connectivity index (χ3v) is 3.73. The lowest BCUT2D eigenvalue weighted by Gasteiger charge is -2.12. The number of carbonyl (C=O) groups is 1.